The van der Waals surface area contributed by atoms with E-state index in [1.54, 1.807) is 0 Å². The summed E-state index contributed by atoms with van der Waals surface area (Å²) in [6.45, 7) is 10.3. The van der Waals surface area contributed by atoms with Gasteiger partial charge in [-0.05, 0) is 51.6 Å². The molecule has 48 heavy (non-hydrogen) atoms. The molecule has 0 atom stereocenters. The van der Waals surface area contributed by atoms with E-state index in [9.17, 15) is 19.2 Å². The maximum absolute atomic E-state index is 11.9. The van der Waals surface area contributed by atoms with Gasteiger partial charge in [-0.15, -0.1) is 5.06 Å². The third-order valence-corrected chi connectivity index (χ3v) is 10.3. The predicted octanol–water partition coefficient (Wildman–Crippen LogP) is 6.78. The summed E-state index contributed by atoms with van der Waals surface area (Å²) < 4.78 is 0. The molecule has 0 aromatic heterocycles. The zero-order chi connectivity index (χ0) is 32.8. The molecule has 9 nitrogen and oxygen atoms in total. The van der Waals surface area contributed by atoms with Crippen molar-refractivity contribution in [3.05, 3.63) is 0 Å². The summed E-state index contributed by atoms with van der Waals surface area (Å²) in [5, 5.41) is 3.75. The number of piperazine rings is 1. The number of amides is 3. The van der Waals surface area contributed by atoms with E-state index in [1.165, 1.54) is 123 Å². The van der Waals surface area contributed by atoms with Crippen LogP contribution in [0.25, 0.3) is 0 Å². The molecule has 4 saturated carbocycles. The third kappa shape index (κ3) is 18.3. The summed E-state index contributed by atoms with van der Waals surface area (Å²) in [4.78, 5) is 55.7. The molecule has 2 aliphatic heterocycles. The molecule has 0 unspecified atom stereocenters. The first-order chi connectivity index (χ1) is 22.5. The molecule has 2 saturated heterocycles. The first-order valence-electron chi connectivity index (χ1n) is 19.3. The second-order valence-corrected chi connectivity index (χ2v) is 14.2. The summed E-state index contributed by atoms with van der Waals surface area (Å²) in [7, 11) is 0. The van der Waals surface area contributed by atoms with E-state index >= 15 is 0 Å². The Hall–Kier alpha value is -0.961. The van der Waals surface area contributed by atoms with Gasteiger partial charge in [-0.2, -0.15) is 0 Å². The summed E-state index contributed by atoms with van der Waals surface area (Å²) in [6.07, 6.45) is 27.3. The van der Waals surface area contributed by atoms with Crippen molar-refractivity contribution in [1.82, 2.24) is 20.2 Å². The van der Waals surface area contributed by atoms with Crippen LogP contribution in [0.4, 0.5) is 0 Å². The third-order valence-electron chi connectivity index (χ3n) is 10.3. The van der Waals surface area contributed by atoms with Gasteiger partial charge < -0.3 is 20.0 Å². The number of carbonyl (C=O) groups excluding carboxylic acids is 4. The molecule has 6 rings (SSSR count). The summed E-state index contributed by atoms with van der Waals surface area (Å²) in [6, 6.07) is 0. The van der Waals surface area contributed by atoms with Crippen molar-refractivity contribution in [3.63, 3.8) is 0 Å². The molecule has 0 aromatic carbocycles. The second kappa shape index (κ2) is 27.7. The minimum Gasteiger partial charge on any atom is -0.356 e. The molecule has 0 spiro atoms. The fourth-order valence-electron chi connectivity index (χ4n) is 7.22. The van der Waals surface area contributed by atoms with E-state index in [-0.39, 0.29) is 52.9 Å². The van der Waals surface area contributed by atoms with Crippen LogP contribution in [0.2, 0.25) is 0 Å². The summed E-state index contributed by atoms with van der Waals surface area (Å²) in [5.74, 6) is -0.774. The molecule has 4 aliphatic carbocycles. The minimum absolute atomic E-state index is 0. The van der Waals surface area contributed by atoms with Crippen molar-refractivity contribution in [3.8, 4) is 0 Å². The number of hydrogen-bond acceptors (Lipinski definition) is 7. The zero-order valence-electron chi connectivity index (χ0n) is 30.0. The van der Waals surface area contributed by atoms with Crippen molar-refractivity contribution in [2.75, 3.05) is 45.8 Å². The molecule has 11 heteroatoms. The molecule has 280 valence electrons. The number of hydrogen-bond donors (Lipinski definition) is 1. The topological polar surface area (TPSA) is 99.3 Å². The molecule has 0 aromatic rings. The number of rotatable bonds is 10. The number of hydroxylamine groups is 2. The van der Waals surface area contributed by atoms with E-state index in [2.05, 4.69) is 22.0 Å². The molecule has 2 heterocycles. The quantitative estimate of drug-likeness (QED) is 0.149. The number of unbranched alkanes of at least 4 members (excludes halogenated alkanes) is 1. The van der Waals surface area contributed by atoms with Crippen LogP contribution in [-0.2, 0) is 58.2 Å². The summed E-state index contributed by atoms with van der Waals surface area (Å²) in [5.41, 5.74) is 0. The fraction of sp³-hybridized carbons (Fsp3) is 0.892. The van der Waals surface area contributed by atoms with Crippen molar-refractivity contribution in [2.45, 2.75) is 155 Å². The Labute approximate surface area is 313 Å². The van der Waals surface area contributed by atoms with Crippen LogP contribution >= 0.6 is 0 Å². The molecule has 6 fully saturated rings. The first-order valence-corrected chi connectivity index (χ1v) is 19.3. The van der Waals surface area contributed by atoms with Crippen LogP contribution in [0.3, 0.4) is 0 Å². The normalized spacial score (nSPS) is 21.6. The van der Waals surface area contributed by atoms with Crippen LogP contribution in [0.5, 0.6) is 0 Å². The van der Waals surface area contributed by atoms with Gasteiger partial charge in [-0.25, -0.2) is 4.79 Å². The van der Waals surface area contributed by atoms with E-state index in [1.807, 2.05) is 0 Å². The van der Waals surface area contributed by atoms with Gasteiger partial charge in [0.15, 0.2) is 0 Å². The SMILES string of the molecule is C1CCCC1.C1CCCC1.CCCCN1CCN(CCCNC(=O)C2CCCC2)CC1.O=C(ON1C(=O)CCC1=O)C1CCCC1.[Fe].[Fe]. The Morgan fingerprint density at radius 2 is 1.02 bits per heavy atom. The maximum atomic E-state index is 11.9. The molecule has 1 N–H and O–H groups in total. The Bertz CT molecular complexity index is 842. The van der Waals surface area contributed by atoms with Gasteiger partial charge >= 0.3 is 5.97 Å². The van der Waals surface area contributed by atoms with Crippen molar-refractivity contribution in [2.24, 2.45) is 11.8 Å². The molecule has 0 radical (unpaired) electrons. The van der Waals surface area contributed by atoms with Crippen molar-refractivity contribution >= 4 is 23.7 Å². The smallest absolute Gasteiger partial charge is 0.336 e. The van der Waals surface area contributed by atoms with Crippen LogP contribution in [0, 0.1) is 11.8 Å². The van der Waals surface area contributed by atoms with Gasteiger partial charge in [0.1, 0.15) is 0 Å². The van der Waals surface area contributed by atoms with Crippen LogP contribution in [0.15, 0.2) is 0 Å². The van der Waals surface area contributed by atoms with Gasteiger partial charge in [0.25, 0.3) is 11.8 Å². The first kappa shape index (κ1) is 45.1. The number of nitrogens with zero attached hydrogens (tertiary/aromatic N) is 3. The van der Waals surface area contributed by atoms with Crippen molar-refractivity contribution < 1.29 is 58.2 Å². The molecule has 3 amide bonds. The van der Waals surface area contributed by atoms with E-state index in [0.29, 0.717) is 16.9 Å². The van der Waals surface area contributed by atoms with Gasteiger partial charge in [-0.1, -0.05) is 103 Å². The molecular weight excluding hydrogens is 692 g/mol. The van der Waals surface area contributed by atoms with Gasteiger partial charge in [0.2, 0.25) is 5.91 Å². The minimum atomic E-state index is -0.434. The van der Waals surface area contributed by atoms with Gasteiger partial charge in [0.05, 0.1) is 5.92 Å². The van der Waals surface area contributed by atoms with Crippen LogP contribution < -0.4 is 5.32 Å². The Morgan fingerprint density at radius 3 is 1.44 bits per heavy atom. The van der Waals surface area contributed by atoms with Crippen LogP contribution in [0.1, 0.15) is 155 Å². The average Bonchev–Trinajstić information content (AvgIpc) is 3.93. The second-order valence-electron chi connectivity index (χ2n) is 14.2. The number of imide groups is 1. The van der Waals surface area contributed by atoms with E-state index < -0.39 is 17.8 Å². The Balaban J connectivity index is 0.000000368. The largest absolute Gasteiger partial charge is 0.356 e. The number of nitrogens with one attached hydrogen (secondary N) is 1. The Morgan fingerprint density at radius 1 is 0.625 bits per heavy atom. The Kier molecular flexibility index (Phi) is 26.0. The summed E-state index contributed by atoms with van der Waals surface area (Å²) >= 11 is 0. The predicted molar refractivity (Wildman–Crippen MR) is 183 cm³/mol. The molecular formula is C37H66Fe2N4O5. The molecule has 6 aliphatic rings. The standard InChI is InChI=1S/C17H33N3O.C10H13NO4.2C5H10.2Fe/c1-2-3-10-19-12-14-20(15-13-19)11-6-9-18-17(21)16-7-4-5-8-16;12-8-5-6-9(13)11(8)15-10(14)7-3-1-2-4-7;2*1-2-4-5-3-1;;/h16H,2-15H2,1H3,(H,18,21);7H,1-6H2;2*1-5H2;;. The number of carbonyl (C=O) groups is 4. The average molecular weight is 759 g/mol. The van der Waals surface area contributed by atoms with Gasteiger partial charge in [-0.3, -0.25) is 14.4 Å². The maximum Gasteiger partial charge on any atom is 0.336 e. The van der Waals surface area contributed by atoms with E-state index in [4.69, 9.17) is 4.84 Å². The zero-order valence-corrected chi connectivity index (χ0v) is 32.2. The molecule has 0 bridgehead atoms. The fourth-order valence-corrected chi connectivity index (χ4v) is 7.22. The van der Waals surface area contributed by atoms with Gasteiger partial charge in [0, 0.05) is 85.6 Å². The van der Waals surface area contributed by atoms with E-state index in [0.717, 1.165) is 58.0 Å². The van der Waals surface area contributed by atoms with Crippen LogP contribution in [-0.4, -0.2) is 84.4 Å². The monoisotopic (exact) mass is 758 g/mol. The van der Waals surface area contributed by atoms with Crippen molar-refractivity contribution in [1.29, 1.82) is 0 Å².